The summed E-state index contributed by atoms with van der Waals surface area (Å²) >= 11 is 0. The molecule has 6 aliphatic carbocycles. The Morgan fingerprint density at radius 3 is 2.44 bits per heavy atom. The number of alkyl halides is 1. The molecule has 96 valence electrons. The van der Waals surface area contributed by atoms with Crippen LogP contribution in [0.3, 0.4) is 0 Å². The van der Waals surface area contributed by atoms with Crippen molar-refractivity contribution >= 4 is 5.91 Å². The lowest BCUT2D eigenvalue weighted by atomic mass is 8.96. The van der Waals surface area contributed by atoms with Crippen molar-refractivity contribution in [1.29, 1.82) is 0 Å². The molecule has 0 spiro atoms. The average molecular weight is 248 g/mol. The number of carbonyl (C=O) groups excluding carboxylic acids is 1. The number of hydrogen-bond acceptors (Lipinski definition) is 2. The molecule has 0 aromatic heterocycles. The highest BCUT2D eigenvalue weighted by Crippen LogP contribution is 3.05. The van der Waals surface area contributed by atoms with Crippen LogP contribution in [0.4, 0.5) is 4.39 Å². The average Bonchev–Trinajstić information content (AvgIpc) is 2.83. The van der Waals surface area contributed by atoms with Gasteiger partial charge in [0.15, 0.2) is 0 Å². The molecule has 2 atom stereocenters. The van der Waals surface area contributed by atoms with E-state index in [-0.39, 0.29) is 11.9 Å². The van der Waals surface area contributed by atoms with Gasteiger partial charge in [-0.1, -0.05) is 0 Å². The van der Waals surface area contributed by atoms with Gasteiger partial charge in [0.2, 0.25) is 5.91 Å². The maximum Gasteiger partial charge on any atom is 0.237 e. The van der Waals surface area contributed by atoms with E-state index in [0.717, 1.165) is 48.0 Å². The third-order valence-electron chi connectivity index (χ3n) is 7.65. The summed E-state index contributed by atoms with van der Waals surface area (Å²) in [7, 11) is 0. The number of hydrogen-bond donors (Lipinski definition) is 2. The second-order valence-electron chi connectivity index (χ2n) is 7.51. The summed E-state index contributed by atoms with van der Waals surface area (Å²) in [5.74, 6) is 7.31. The summed E-state index contributed by atoms with van der Waals surface area (Å²) in [5.41, 5.74) is 0.540. The summed E-state index contributed by atoms with van der Waals surface area (Å²) in [6.07, 6.45) is -0.491. The van der Waals surface area contributed by atoms with E-state index in [9.17, 15) is 9.18 Å². The molecule has 2 unspecified atom stereocenters. The Kier molecular flexibility index (Phi) is 1.22. The van der Waals surface area contributed by atoms with Gasteiger partial charge in [-0.25, -0.2) is 4.39 Å². The maximum absolute atomic E-state index is 13.0. The van der Waals surface area contributed by atoms with Crippen LogP contribution in [-0.4, -0.2) is 31.2 Å². The second kappa shape index (κ2) is 2.37. The highest BCUT2D eigenvalue weighted by atomic mass is 19.1. The predicted octanol–water partition coefficient (Wildman–Crippen LogP) is 0.170. The van der Waals surface area contributed by atoms with E-state index in [0.29, 0.717) is 18.4 Å². The highest BCUT2D eigenvalue weighted by molar-refractivity contribution is 5.82. The van der Waals surface area contributed by atoms with Crippen LogP contribution in [0.15, 0.2) is 0 Å². The van der Waals surface area contributed by atoms with E-state index in [4.69, 9.17) is 0 Å². The van der Waals surface area contributed by atoms with Gasteiger partial charge in [-0.2, -0.15) is 0 Å². The first-order valence-electron chi connectivity index (χ1n) is 7.40. The Labute approximate surface area is 105 Å². The number of rotatable bonds is 3. The van der Waals surface area contributed by atoms with Crippen molar-refractivity contribution in [2.45, 2.75) is 18.6 Å². The Morgan fingerprint density at radius 2 is 1.89 bits per heavy atom. The lowest BCUT2D eigenvalue weighted by Crippen LogP contribution is -3.06. The zero-order valence-corrected chi connectivity index (χ0v) is 10.1. The molecule has 0 radical (unpaired) electrons. The summed E-state index contributed by atoms with van der Waals surface area (Å²) < 4.78 is 13.0. The smallest absolute Gasteiger partial charge is 0.237 e. The number of nitrogens with one attached hydrogen (secondary N) is 2. The van der Waals surface area contributed by atoms with Crippen molar-refractivity contribution in [3.8, 4) is 0 Å². The van der Waals surface area contributed by atoms with Crippen molar-refractivity contribution in [3.05, 3.63) is 0 Å². The minimum absolute atomic E-state index is 0.0313. The monoisotopic (exact) mass is 248 g/mol. The van der Waals surface area contributed by atoms with Gasteiger partial charge < -0.3 is 10.6 Å². The summed E-state index contributed by atoms with van der Waals surface area (Å²) in [6.45, 7) is 1.22. The standard InChI is InChI=1S/C14H17FN2O/c15-4-1-5(16-2-4)13(18)17-3-14-10-7-6-8(10)12(14)9(6)11(7)14/h4-12,16H,1-3H2,(H,17,18). The molecule has 0 aromatic carbocycles. The van der Waals surface area contributed by atoms with Crippen LogP contribution in [0.5, 0.6) is 0 Å². The van der Waals surface area contributed by atoms with E-state index in [1.54, 1.807) is 0 Å². The second-order valence-corrected chi connectivity index (χ2v) is 7.51. The number of halogens is 1. The number of carbonyl (C=O) groups is 1. The molecule has 2 N–H and O–H groups in total. The molecule has 1 aliphatic heterocycles. The fourth-order valence-corrected chi connectivity index (χ4v) is 7.28. The Bertz CT molecular complexity index is 441. The summed E-state index contributed by atoms with van der Waals surface area (Å²) in [5, 5.41) is 6.08. The molecule has 1 heterocycles. The van der Waals surface area contributed by atoms with E-state index in [1.807, 2.05) is 0 Å². The summed E-state index contributed by atoms with van der Waals surface area (Å²) in [6, 6.07) is -0.285. The van der Waals surface area contributed by atoms with Gasteiger partial charge in [0, 0.05) is 19.5 Å². The third-order valence-corrected chi connectivity index (χ3v) is 7.65. The van der Waals surface area contributed by atoms with Gasteiger partial charge in [0.05, 0.1) is 6.04 Å². The fourth-order valence-electron chi connectivity index (χ4n) is 7.28. The minimum Gasteiger partial charge on any atom is -0.354 e. The molecular weight excluding hydrogens is 231 g/mol. The topological polar surface area (TPSA) is 41.1 Å². The van der Waals surface area contributed by atoms with Gasteiger partial charge in [-0.05, 0) is 46.8 Å². The number of amides is 1. The molecule has 7 fully saturated rings. The first-order chi connectivity index (χ1) is 8.75. The molecule has 0 bridgehead atoms. The van der Waals surface area contributed by atoms with Crippen LogP contribution in [0.25, 0.3) is 0 Å². The zero-order valence-electron chi connectivity index (χ0n) is 10.1. The van der Waals surface area contributed by atoms with Gasteiger partial charge in [0.1, 0.15) is 6.17 Å². The first kappa shape index (κ1) is 9.29. The SMILES string of the molecule is O=C(NCC12C3C4C5C3C1C5C42)C1CC(F)CN1. The van der Waals surface area contributed by atoms with Gasteiger partial charge in [-0.3, -0.25) is 4.79 Å². The predicted molar refractivity (Wildman–Crippen MR) is 61.2 cm³/mol. The molecule has 4 heteroatoms. The Balaban J connectivity index is 1.13. The molecule has 1 saturated heterocycles. The van der Waals surface area contributed by atoms with E-state index in [1.165, 1.54) is 0 Å². The van der Waals surface area contributed by atoms with E-state index in [2.05, 4.69) is 10.6 Å². The zero-order chi connectivity index (χ0) is 11.8. The first-order valence-corrected chi connectivity index (χ1v) is 7.40. The van der Waals surface area contributed by atoms with Crippen LogP contribution in [0, 0.1) is 46.8 Å². The van der Waals surface area contributed by atoms with Crippen LogP contribution in [-0.2, 0) is 4.79 Å². The van der Waals surface area contributed by atoms with Crippen LogP contribution in [0.2, 0.25) is 0 Å². The van der Waals surface area contributed by atoms with Crippen LogP contribution >= 0.6 is 0 Å². The molecule has 7 rings (SSSR count). The fraction of sp³-hybridized carbons (Fsp3) is 0.929. The minimum atomic E-state index is -0.843. The Hall–Kier alpha value is -0.640. The van der Waals surface area contributed by atoms with Crippen LogP contribution in [0.1, 0.15) is 6.42 Å². The highest BCUT2D eigenvalue weighted by Gasteiger charge is 3.03. The lowest BCUT2D eigenvalue weighted by Gasteiger charge is -3.08. The van der Waals surface area contributed by atoms with Gasteiger partial charge in [-0.15, -0.1) is 0 Å². The Morgan fingerprint density at radius 1 is 1.22 bits per heavy atom. The molecular formula is C14H17FN2O. The molecule has 18 heavy (non-hydrogen) atoms. The maximum atomic E-state index is 13.0. The van der Waals surface area contributed by atoms with E-state index < -0.39 is 6.17 Å². The third kappa shape index (κ3) is 0.605. The van der Waals surface area contributed by atoms with Crippen molar-refractivity contribution in [2.75, 3.05) is 13.1 Å². The normalized spacial score (nSPS) is 71.1. The van der Waals surface area contributed by atoms with Crippen molar-refractivity contribution in [2.24, 2.45) is 46.8 Å². The summed E-state index contributed by atoms with van der Waals surface area (Å²) in [4.78, 5) is 12.0. The molecule has 1 amide bonds. The van der Waals surface area contributed by atoms with E-state index >= 15 is 0 Å². The quantitative estimate of drug-likeness (QED) is 0.747. The molecule has 7 aliphatic rings. The van der Waals surface area contributed by atoms with Gasteiger partial charge >= 0.3 is 0 Å². The lowest BCUT2D eigenvalue weighted by molar-refractivity contribution is -0.612. The molecule has 0 aromatic rings. The molecule has 3 nitrogen and oxygen atoms in total. The van der Waals surface area contributed by atoms with Crippen molar-refractivity contribution in [3.63, 3.8) is 0 Å². The van der Waals surface area contributed by atoms with Crippen LogP contribution < -0.4 is 10.6 Å². The van der Waals surface area contributed by atoms with Crippen molar-refractivity contribution in [1.82, 2.24) is 10.6 Å². The largest absolute Gasteiger partial charge is 0.354 e. The molecule has 6 saturated carbocycles. The van der Waals surface area contributed by atoms with Gasteiger partial charge in [0.25, 0.3) is 0 Å². The van der Waals surface area contributed by atoms with Crippen molar-refractivity contribution < 1.29 is 9.18 Å².